The molecular weight excluding hydrogens is 230 g/mol. The molecule has 1 amide bonds. The van der Waals surface area contributed by atoms with Gasteiger partial charge in [-0.3, -0.25) is 0 Å². The fourth-order valence-electron chi connectivity index (χ4n) is 1.46. The van der Waals surface area contributed by atoms with E-state index in [4.69, 9.17) is 4.74 Å². The fraction of sp³-hybridized carbons (Fsp3) is 0.500. The molecule has 0 aromatic heterocycles. The molecule has 4 nitrogen and oxygen atoms in total. The number of aliphatic hydroxyl groups is 1. The van der Waals surface area contributed by atoms with Gasteiger partial charge in [-0.2, -0.15) is 0 Å². The number of benzene rings is 1. The van der Waals surface area contributed by atoms with Gasteiger partial charge in [-0.05, 0) is 33.3 Å². The van der Waals surface area contributed by atoms with Crippen molar-refractivity contribution in [1.82, 2.24) is 5.32 Å². The highest BCUT2D eigenvalue weighted by molar-refractivity contribution is 5.67. The van der Waals surface area contributed by atoms with Gasteiger partial charge in [0.25, 0.3) is 0 Å². The van der Waals surface area contributed by atoms with Gasteiger partial charge in [-0.25, -0.2) is 4.79 Å². The van der Waals surface area contributed by atoms with E-state index in [-0.39, 0.29) is 6.54 Å². The molecule has 4 heteroatoms. The third kappa shape index (κ3) is 4.75. The molecule has 100 valence electrons. The quantitative estimate of drug-likeness (QED) is 0.867. The van der Waals surface area contributed by atoms with Crippen molar-refractivity contribution in [2.75, 3.05) is 6.54 Å². The fourth-order valence-corrected chi connectivity index (χ4v) is 1.46. The number of rotatable bonds is 3. The predicted octanol–water partition coefficient (Wildman–Crippen LogP) is 2.42. The van der Waals surface area contributed by atoms with Crippen LogP contribution >= 0.6 is 0 Å². The Morgan fingerprint density at radius 3 is 2.28 bits per heavy atom. The molecule has 0 bridgehead atoms. The summed E-state index contributed by atoms with van der Waals surface area (Å²) in [5.74, 6) is 0. The summed E-state index contributed by atoms with van der Waals surface area (Å²) in [5, 5.41) is 12.8. The second kappa shape index (κ2) is 5.40. The number of hydrogen-bond acceptors (Lipinski definition) is 3. The minimum absolute atomic E-state index is 0.103. The Bertz CT molecular complexity index is 393. The van der Waals surface area contributed by atoms with Gasteiger partial charge in [-0.15, -0.1) is 0 Å². The van der Waals surface area contributed by atoms with Gasteiger partial charge in [0, 0.05) is 0 Å². The van der Waals surface area contributed by atoms with Crippen LogP contribution in [0.1, 0.15) is 33.3 Å². The van der Waals surface area contributed by atoms with Crippen molar-refractivity contribution in [1.29, 1.82) is 0 Å². The molecule has 0 saturated heterocycles. The largest absolute Gasteiger partial charge is 0.444 e. The molecule has 0 spiro atoms. The van der Waals surface area contributed by atoms with E-state index in [9.17, 15) is 9.90 Å². The minimum atomic E-state index is -1.11. The maximum Gasteiger partial charge on any atom is 0.407 e. The number of carbonyl (C=O) groups is 1. The Labute approximate surface area is 108 Å². The van der Waals surface area contributed by atoms with Crippen LogP contribution in [0.25, 0.3) is 0 Å². The Balaban J connectivity index is 2.55. The number of nitrogens with one attached hydrogen (secondary N) is 1. The third-order valence-corrected chi connectivity index (χ3v) is 2.37. The third-order valence-electron chi connectivity index (χ3n) is 2.37. The first kappa shape index (κ1) is 14.5. The average molecular weight is 251 g/mol. The molecule has 0 saturated carbocycles. The van der Waals surface area contributed by atoms with Crippen LogP contribution in [0.2, 0.25) is 0 Å². The Hall–Kier alpha value is -1.55. The molecule has 18 heavy (non-hydrogen) atoms. The lowest BCUT2D eigenvalue weighted by Crippen LogP contribution is -2.41. The lowest BCUT2D eigenvalue weighted by molar-refractivity contribution is 0.0317. The zero-order valence-electron chi connectivity index (χ0n) is 11.4. The molecule has 0 aliphatic heterocycles. The van der Waals surface area contributed by atoms with Crippen molar-refractivity contribution in [3.05, 3.63) is 35.9 Å². The van der Waals surface area contributed by atoms with Crippen LogP contribution in [-0.4, -0.2) is 23.3 Å². The summed E-state index contributed by atoms with van der Waals surface area (Å²) in [5.41, 5.74) is -0.901. The summed E-state index contributed by atoms with van der Waals surface area (Å²) < 4.78 is 5.11. The van der Waals surface area contributed by atoms with Gasteiger partial charge in [-0.1, -0.05) is 30.3 Å². The van der Waals surface area contributed by atoms with Crippen molar-refractivity contribution in [3.8, 4) is 0 Å². The molecule has 0 radical (unpaired) electrons. The van der Waals surface area contributed by atoms with Crippen LogP contribution in [0.4, 0.5) is 4.79 Å². The normalized spacial score (nSPS) is 14.7. The molecule has 0 fully saturated rings. The molecule has 1 rings (SSSR count). The summed E-state index contributed by atoms with van der Waals surface area (Å²) >= 11 is 0. The van der Waals surface area contributed by atoms with Gasteiger partial charge in [0.05, 0.1) is 6.54 Å². The van der Waals surface area contributed by atoms with Crippen molar-refractivity contribution >= 4 is 6.09 Å². The summed E-state index contributed by atoms with van der Waals surface area (Å²) in [7, 11) is 0. The zero-order chi connectivity index (χ0) is 13.8. The molecule has 2 N–H and O–H groups in total. The maximum atomic E-state index is 11.5. The number of alkyl carbamates (subject to hydrolysis) is 1. The van der Waals surface area contributed by atoms with E-state index in [2.05, 4.69) is 5.32 Å². The minimum Gasteiger partial charge on any atom is -0.444 e. The second-order valence-electron chi connectivity index (χ2n) is 5.50. The van der Waals surface area contributed by atoms with Crippen LogP contribution in [0.15, 0.2) is 30.3 Å². The molecule has 1 aromatic rings. The zero-order valence-corrected chi connectivity index (χ0v) is 11.4. The summed E-state index contributed by atoms with van der Waals surface area (Å²) in [6, 6.07) is 9.20. The van der Waals surface area contributed by atoms with Crippen LogP contribution < -0.4 is 5.32 Å². The molecule has 1 atom stereocenters. The second-order valence-corrected chi connectivity index (χ2v) is 5.50. The first-order valence-corrected chi connectivity index (χ1v) is 5.95. The molecule has 0 unspecified atom stereocenters. The molecule has 0 heterocycles. The van der Waals surface area contributed by atoms with E-state index in [1.165, 1.54) is 0 Å². The lowest BCUT2D eigenvalue weighted by Gasteiger charge is -2.26. The molecular formula is C14H21NO3. The van der Waals surface area contributed by atoms with Crippen LogP contribution in [-0.2, 0) is 10.3 Å². The molecule has 0 aliphatic carbocycles. The number of amides is 1. The first-order valence-electron chi connectivity index (χ1n) is 5.95. The van der Waals surface area contributed by atoms with E-state index in [1.54, 1.807) is 27.7 Å². The predicted molar refractivity (Wildman–Crippen MR) is 70.2 cm³/mol. The van der Waals surface area contributed by atoms with Gasteiger partial charge in [0.2, 0.25) is 0 Å². The van der Waals surface area contributed by atoms with Crippen molar-refractivity contribution in [2.45, 2.75) is 38.9 Å². The van der Waals surface area contributed by atoms with Gasteiger partial charge < -0.3 is 15.2 Å². The topological polar surface area (TPSA) is 58.6 Å². The number of carbonyl (C=O) groups excluding carboxylic acids is 1. The van der Waals surface area contributed by atoms with E-state index >= 15 is 0 Å². The highest BCUT2D eigenvalue weighted by Crippen LogP contribution is 2.19. The molecule has 1 aromatic carbocycles. The number of ether oxygens (including phenoxy) is 1. The highest BCUT2D eigenvalue weighted by Gasteiger charge is 2.25. The monoisotopic (exact) mass is 251 g/mol. The van der Waals surface area contributed by atoms with E-state index in [0.717, 1.165) is 5.56 Å². The van der Waals surface area contributed by atoms with Gasteiger partial charge >= 0.3 is 6.09 Å². The Morgan fingerprint density at radius 2 is 1.78 bits per heavy atom. The summed E-state index contributed by atoms with van der Waals surface area (Å²) in [4.78, 5) is 11.5. The summed E-state index contributed by atoms with van der Waals surface area (Å²) in [6.45, 7) is 7.14. The van der Waals surface area contributed by atoms with Crippen molar-refractivity contribution in [2.24, 2.45) is 0 Å². The smallest absolute Gasteiger partial charge is 0.407 e. The van der Waals surface area contributed by atoms with Crippen molar-refractivity contribution < 1.29 is 14.6 Å². The van der Waals surface area contributed by atoms with E-state index < -0.39 is 17.3 Å². The standard InChI is InChI=1S/C14H21NO3/c1-13(2,3)18-12(16)15-10-14(4,17)11-8-6-5-7-9-11/h5-9,17H,10H2,1-4H3,(H,15,16)/t14-/m0/s1. The Kier molecular flexibility index (Phi) is 4.35. The first-order chi connectivity index (χ1) is 8.21. The lowest BCUT2D eigenvalue weighted by atomic mass is 9.96. The highest BCUT2D eigenvalue weighted by atomic mass is 16.6. The van der Waals surface area contributed by atoms with Crippen LogP contribution in [0.5, 0.6) is 0 Å². The van der Waals surface area contributed by atoms with Gasteiger partial charge in [0.1, 0.15) is 11.2 Å². The maximum absolute atomic E-state index is 11.5. The summed E-state index contributed by atoms with van der Waals surface area (Å²) in [6.07, 6.45) is -0.529. The molecule has 0 aliphatic rings. The number of hydrogen-bond donors (Lipinski definition) is 2. The van der Waals surface area contributed by atoms with E-state index in [0.29, 0.717) is 0 Å². The van der Waals surface area contributed by atoms with E-state index in [1.807, 2.05) is 30.3 Å². The van der Waals surface area contributed by atoms with Gasteiger partial charge in [0.15, 0.2) is 0 Å². The van der Waals surface area contributed by atoms with Crippen molar-refractivity contribution in [3.63, 3.8) is 0 Å². The van der Waals surface area contributed by atoms with Crippen LogP contribution in [0, 0.1) is 0 Å². The average Bonchev–Trinajstić information content (AvgIpc) is 2.26. The Morgan fingerprint density at radius 1 is 1.22 bits per heavy atom. The SMILES string of the molecule is CC(C)(C)OC(=O)NC[C@](C)(O)c1ccccc1. The van der Waals surface area contributed by atoms with Crippen LogP contribution in [0.3, 0.4) is 0 Å².